The number of halogens is 1. The Bertz CT molecular complexity index is 594. The number of aryl methyl sites for hydroxylation is 1. The summed E-state index contributed by atoms with van der Waals surface area (Å²) in [5.41, 5.74) is -0.373. The molecule has 0 heterocycles. The predicted octanol–water partition coefficient (Wildman–Crippen LogP) is 5.87. The highest BCUT2D eigenvalue weighted by molar-refractivity contribution is 6.32. The average Bonchev–Trinajstić information content (AvgIpc) is 2.62. The van der Waals surface area contributed by atoms with Crippen LogP contribution < -0.4 is 4.74 Å². The Kier molecular flexibility index (Phi) is 9.71. The fraction of sp³-hybridized carbons (Fsp3) is 0.619. The van der Waals surface area contributed by atoms with E-state index in [9.17, 15) is 9.59 Å². The monoisotopic (exact) mass is 382 g/mol. The molecule has 0 bridgehead atoms. The number of carbonyl (C=O) groups is 2. The van der Waals surface area contributed by atoms with Gasteiger partial charge < -0.3 is 9.47 Å². The number of carbonyl (C=O) groups excluding carboxylic acids is 2. The van der Waals surface area contributed by atoms with Gasteiger partial charge in [-0.25, -0.2) is 0 Å². The van der Waals surface area contributed by atoms with Gasteiger partial charge in [0.2, 0.25) is 0 Å². The van der Waals surface area contributed by atoms with Gasteiger partial charge in [0.25, 0.3) is 0 Å². The molecule has 5 heteroatoms. The van der Waals surface area contributed by atoms with Crippen LogP contribution in [-0.4, -0.2) is 18.5 Å². The lowest BCUT2D eigenvalue weighted by molar-refractivity contribution is -0.168. The summed E-state index contributed by atoms with van der Waals surface area (Å²) in [5, 5.41) is 0.342. The van der Waals surface area contributed by atoms with E-state index >= 15 is 0 Å². The highest BCUT2D eigenvalue weighted by atomic mass is 35.5. The van der Waals surface area contributed by atoms with Gasteiger partial charge in [0.1, 0.15) is 5.75 Å². The molecule has 0 atom stereocenters. The molecule has 1 aromatic carbocycles. The summed E-state index contributed by atoms with van der Waals surface area (Å²) >= 11 is 6.11. The van der Waals surface area contributed by atoms with Crippen LogP contribution in [0.1, 0.15) is 71.3 Å². The van der Waals surface area contributed by atoms with Crippen LogP contribution in [0.3, 0.4) is 0 Å². The standard InChI is InChI=1S/C21H31ClO4/c1-5-8-9-10-11-14-25-19(23)21(6-2,7-3)20(24)26-18-15-16(4)12-13-17(18)22/h12-13,15H,5-11,14H2,1-4H3. The molecule has 0 aliphatic carbocycles. The first-order chi connectivity index (χ1) is 12.4. The number of hydrogen-bond donors (Lipinski definition) is 0. The summed E-state index contributed by atoms with van der Waals surface area (Å²) in [4.78, 5) is 25.4. The molecule has 0 amide bonds. The predicted molar refractivity (Wildman–Crippen MR) is 105 cm³/mol. The van der Waals surface area contributed by atoms with Crippen LogP contribution in [0.4, 0.5) is 0 Å². The lowest BCUT2D eigenvalue weighted by Crippen LogP contribution is -2.42. The molecule has 0 unspecified atom stereocenters. The van der Waals surface area contributed by atoms with Crippen molar-refractivity contribution in [1.82, 2.24) is 0 Å². The number of ether oxygens (including phenoxy) is 2. The molecule has 146 valence electrons. The summed E-state index contributed by atoms with van der Waals surface area (Å²) in [6.07, 6.45) is 5.96. The second kappa shape index (κ2) is 11.2. The van der Waals surface area contributed by atoms with Crippen LogP contribution in [0.25, 0.3) is 0 Å². The molecule has 0 fully saturated rings. The minimum atomic E-state index is -1.30. The van der Waals surface area contributed by atoms with Gasteiger partial charge in [0.05, 0.1) is 11.6 Å². The minimum Gasteiger partial charge on any atom is -0.465 e. The number of esters is 2. The molecule has 0 aliphatic heterocycles. The average molecular weight is 383 g/mol. The van der Waals surface area contributed by atoms with E-state index in [-0.39, 0.29) is 5.75 Å². The van der Waals surface area contributed by atoms with E-state index in [4.69, 9.17) is 21.1 Å². The second-order valence-electron chi connectivity index (χ2n) is 6.66. The normalized spacial score (nSPS) is 11.3. The van der Waals surface area contributed by atoms with Gasteiger partial charge >= 0.3 is 11.9 Å². The van der Waals surface area contributed by atoms with Crippen molar-refractivity contribution >= 4 is 23.5 Å². The van der Waals surface area contributed by atoms with Gasteiger partial charge in [-0.2, -0.15) is 0 Å². The van der Waals surface area contributed by atoms with E-state index in [2.05, 4.69) is 6.92 Å². The SMILES string of the molecule is CCCCCCCOC(=O)C(CC)(CC)C(=O)Oc1cc(C)ccc1Cl. The first kappa shape index (κ1) is 22.5. The fourth-order valence-corrected chi connectivity index (χ4v) is 2.96. The van der Waals surface area contributed by atoms with Crippen molar-refractivity contribution in [1.29, 1.82) is 0 Å². The van der Waals surface area contributed by atoms with Crippen molar-refractivity contribution in [3.05, 3.63) is 28.8 Å². The maximum absolute atomic E-state index is 12.8. The van der Waals surface area contributed by atoms with Crippen LogP contribution in [0.15, 0.2) is 18.2 Å². The number of hydrogen-bond acceptors (Lipinski definition) is 4. The zero-order valence-electron chi connectivity index (χ0n) is 16.4. The lowest BCUT2D eigenvalue weighted by Gasteiger charge is -2.27. The van der Waals surface area contributed by atoms with E-state index in [0.29, 0.717) is 24.5 Å². The van der Waals surface area contributed by atoms with E-state index in [1.54, 1.807) is 26.0 Å². The third-order valence-corrected chi connectivity index (χ3v) is 5.07. The Labute approximate surface area is 162 Å². The van der Waals surface area contributed by atoms with Gasteiger partial charge in [-0.3, -0.25) is 9.59 Å². The maximum Gasteiger partial charge on any atom is 0.328 e. The Morgan fingerprint density at radius 3 is 2.27 bits per heavy atom. The topological polar surface area (TPSA) is 52.6 Å². The fourth-order valence-electron chi connectivity index (χ4n) is 2.81. The summed E-state index contributed by atoms with van der Waals surface area (Å²) in [6.45, 7) is 7.97. The molecule has 0 aliphatic rings. The van der Waals surface area contributed by atoms with Crippen molar-refractivity contribution in [3.63, 3.8) is 0 Å². The summed E-state index contributed by atoms with van der Waals surface area (Å²) in [5.74, 6) is -0.840. The molecule has 0 aromatic heterocycles. The van der Waals surface area contributed by atoms with E-state index in [0.717, 1.165) is 24.8 Å². The highest BCUT2D eigenvalue weighted by Crippen LogP contribution is 2.33. The van der Waals surface area contributed by atoms with Crippen LogP contribution in [0.2, 0.25) is 5.02 Å². The molecule has 0 radical (unpaired) electrons. The van der Waals surface area contributed by atoms with Crippen molar-refractivity contribution in [3.8, 4) is 5.75 Å². The van der Waals surface area contributed by atoms with Gasteiger partial charge in [-0.05, 0) is 43.9 Å². The third kappa shape index (κ3) is 6.01. The van der Waals surface area contributed by atoms with Gasteiger partial charge in [-0.1, -0.05) is 64.1 Å². The molecule has 0 saturated heterocycles. The summed E-state index contributed by atoms with van der Waals surface area (Å²) in [6, 6.07) is 5.20. The highest BCUT2D eigenvalue weighted by Gasteiger charge is 2.46. The van der Waals surface area contributed by atoms with Crippen LogP contribution in [0.5, 0.6) is 5.75 Å². The molecular formula is C21H31ClO4. The minimum absolute atomic E-state index is 0.273. The molecule has 4 nitrogen and oxygen atoms in total. The first-order valence-electron chi connectivity index (χ1n) is 9.56. The number of unbranched alkanes of at least 4 members (excludes halogenated alkanes) is 4. The molecule has 0 saturated carbocycles. The Hall–Kier alpha value is -1.55. The summed E-state index contributed by atoms with van der Waals surface area (Å²) < 4.78 is 10.9. The van der Waals surface area contributed by atoms with Crippen molar-refractivity contribution in [2.45, 2.75) is 72.6 Å². The van der Waals surface area contributed by atoms with Gasteiger partial charge in [0, 0.05) is 0 Å². The third-order valence-electron chi connectivity index (χ3n) is 4.76. The zero-order valence-corrected chi connectivity index (χ0v) is 17.2. The van der Waals surface area contributed by atoms with Crippen LogP contribution in [0, 0.1) is 12.3 Å². The van der Waals surface area contributed by atoms with Gasteiger partial charge in [0.15, 0.2) is 5.41 Å². The zero-order chi connectivity index (χ0) is 19.6. The molecular weight excluding hydrogens is 352 g/mol. The largest absolute Gasteiger partial charge is 0.465 e. The van der Waals surface area contributed by atoms with Crippen molar-refractivity contribution in [2.75, 3.05) is 6.61 Å². The smallest absolute Gasteiger partial charge is 0.328 e. The molecule has 0 N–H and O–H groups in total. The van der Waals surface area contributed by atoms with E-state index in [1.807, 2.05) is 13.0 Å². The molecule has 1 aromatic rings. The lowest BCUT2D eigenvalue weighted by atomic mass is 9.82. The van der Waals surface area contributed by atoms with Crippen molar-refractivity contribution in [2.24, 2.45) is 5.41 Å². The van der Waals surface area contributed by atoms with Crippen LogP contribution >= 0.6 is 11.6 Å². The van der Waals surface area contributed by atoms with Crippen LogP contribution in [-0.2, 0) is 14.3 Å². The Balaban J connectivity index is 2.75. The maximum atomic E-state index is 12.8. The second-order valence-corrected chi connectivity index (χ2v) is 7.07. The Morgan fingerprint density at radius 2 is 1.65 bits per heavy atom. The first-order valence-corrected chi connectivity index (χ1v) is 9.94. The molecule has 1 rings (SSSR count). The quantitative estimate of drug-likeness (QED) is 0.208. The Morgan fingerprint density at radius 1 is 1.00 bits per heavy atom. The number of rotatable bonds is 11. The van der Waals surface area contributed by atoms with Gasteiger partial charge in [-0.15, -0.1) is 0 Å². The van der Waals surface area contributed by atoms with Crippen molar-refractivity contribution < 1.29 is 19.1 Å². The number of benzene rings is 1. The summed E-state index contributed by atoms with van der Waals surface area (Å²) in [7, 11) is 0. The molecule has 26 heavy (non-hydrogen) atoms. The van der Waals surface area contributed by atoms with E-state index < -0.39 is 17.4 Å². The van der Waals surface area contributed by atoms with E-state index in [1.165, 1.54) is 12.8 Å². The molecule has 0 spiro atoms.